The van der Waals surface area contributed by atoms with E-state index in [4.69, 9.17) is 28.3 Å². The Morgan fingerprint density at radius 1 is 1.39 bits per heavy atom. The quantitative estimate of drug-likeness (QED) is 0.891. The summed E-state index contributed by atoms with van der Waals surface area (Å²) in [6, 6.07) is 5.05. The van der Waals surface area contributed by atoms with Gasteiger partial charge in [0.1, 0.15) is 0 Å². The van der Waals surface area contributed by atoms with Crippen molar-refractivity contribution in [1.82, 2.24) is 9.80 Å². The first-order valence-electron chi connectivity index (χ1n) is 7.52. The molecule has 1 aromatic carbocycles. The van der Waals surface area contributed by atoms with Gasteiger partial charge in [-0.2, -0.15) is 0 Å². The second-order valence-corrected chi connectivity index (χ2v) is 6.87. The summed E-state index contributed by atoms with van der Waals surface area (Å²) in [5.41, 5.74) is 0.804. The van der Waals surface area contributed by atoms with E-state index in [1.165, 1.54) is 4.90 Å². The molecule has 2 amide bonds. The fourth-order valence-corrected chi connectivity index (χ4v) is 3.19. The molecule has 0 spiro atoms. The summed E-state index contributed by atoms with van der Waals surface area (Å²) in [6.45, 7) is 4.80. The number of hydrogen-bond acceptors (Lipinski definition) is 2. The van der Waals surface area contributed by atoms with Crippen LogP contribution in [0.1, 0.15) is 25.8 Å². The molecule has 0 unspecified atom stereocenters. The van der Waals surface area contributed by atoms with Crippen molar-refractivity contribution in [2.75, 3.05) is 13.1 Å². The van der Waals surface area contributed by atoms with Crippen molar-refractivity contribution in [1.29, 1.82) is 0 Å². The van der Waals surface area contributed by atoms with Crippen LogP contribution in [0, 0.1) is 5.92 Å². The Bertz CT molecular complexity index is 607. The fourth-order valence-electron chi connectivity index (χ4n) is 2.72. The van der Waals surface area contributed by atoms with E-state index < -0.39 is 6.09 Å². The van der Waals surface area contributed by atoms with Gasteiger partial charge in [-0.3, -0.25) is 4.79 Å². The molecule has 23 heavy (non-hydrogen) atoms. The first-order valence-corrected chi connectivity index (χ1v) is 8.27. The monoisotopic (exact) mass is 358 g/mol. The number of likely N-dealkylation sites (tertiary alicyclic amines) is 1. The van der Waals surface area contributed by atoms with E-state index >= 15 is 0 Å². The number of benzene rings is 1. The third kappa shape index (κ3) is 4.30. The summed E-state index contributed by atoms with van der Waals surface area (Å²) in [5, 5.41) is 10.2. The van der Waals surface area contributed by atoms with Gasteiger partial charge >= 0.3 is 6.09 Å². The zero-order valence-corrected chi connectivity index (χ0v) is 14.6. The molecule has 0 aliphatic carbocycles. The molecule has 1 saturated heterocycles. The predicted octanol–water partition coefficient (Wildman–Crippen LogP) is 3.73. The molecule has 1 fully saturated rings. The highest BCUT2D eigenvalue weighted by molar-refractivity contribution is 6.35. The molecule has 0 aromatic heterocycles. The van der Waals surface area contributed by atoms with Gasteiger partial charge in [0.2, 0.25) is 5.91 Å². The largest absolute Gasteiger partial charge is 0.465 e. The molecule has 1 aromatic rings. The van der Waals surface area contributed by atoms with Gasteiger partial charge in [-0.1, -0.05) is 43.1 Å². The molecule has 2 rings (SSSR count). The standard InChI is InChI=1S/C16H20Cl2N2O3/c1-10(2)15(21)20(13-5-6-19(9-13)16(22)23)8-11-3-4-12(17)7-14(11)18/h3-4,7,10,13H,5-6,8-9H2,1-2H3,(H,22,23)/t13-/m0/s1. The molecule has 1 aliphatic rings. The Labute approximate surface area is 145 Å². The molecule has 1 N–H and O–H groups in total. The van der Waals surface area contributed by atoms with E-state index in [-0.39, 0.29) is 17.9 Å². The minimum Gasteiger partial charge on any atom is -0.465 e. The first-order chi connectivity index (χ1) is 10.8. The first kappa shape index (κ1) is 17.9. The number of carbonyl (C=O) groups is 2. The average Bonchev–Trinajstić information content (AvgIpc) is 2.95. The number of carbonyl (C=O) groups excluding carboxylic acids is 1. The Kier molecular flexibility index (Phi) is 5.76. The van der Waals surface area contributed by atoms with Gasteiger partial charge in [0.05, 0.1) is 6.04 Å². The number of carboxylic acid groups (broad SMARTS) is 1. The molecule has 0 saturated carbocycles. The smallest absolute Gasteiger partial charge is 0.407 e. The Hall–Kier alpha value is -1.46. The molecule has 0 radical (unpaired) electrons. The van der Waals surface area contributed by atoms with E-state index in [0.29, 0.717) is 36.1 Å². The molecule has 0 bridgehead atoms. The Morgan fingerprint density at radius 3 is 2.61 bits per heavy atom. The SMILES string of the molecule is CC(C)C(=O)N(Cc1ccc(Cl)cc1Cl)[C@H]1CCN(C(=O)O)C1. The number of nitrogens with zero attached hydrogens (tertiary/aromatic N) is 2. The maximum atomic E-state index is 12.6. The van der Waals surface area contributed by atoms with Crippen LogP contribution in [0.2, 0.25) is 10.0 Å². The maximum Gasteiger partial charge on any atom is 0.407 e. The molecule has 1 heterocycles. The van der Waals surface area contributed by atoms with Crippen LogP contribution in [-0.2, 0) is 11.3 Å². The van der Waals surface area contributed by atoms with Crippen molar-refractivity contribution in [3.63, 3.8) is 0 Å². The molecule has 1 aliphatic heterocycles. The number of rotatable bonds is 4. The van der Waals surface area contributed by atoms with Crippen LogP contribution in [-0.4, -0.2) is 46.0 Å². The number of hydrogen-bond donors (Lipinski definition) is 1. The molecule has 5 nitrogen and oxygen atoms in total. The molecule has 126 valence electrons. The second-order valence-electron chi connectivity index (χ2n) is 6.03. The summed E-state index contributed by atoms with van der Waals surface area (Å²) in [7, 11) is 0. The maximum absolute atomic E-state index is 12.6. The van der Waals surface area contributed by atoms with E-state index in [9.17, 15) is 9.59 Å². The van der Waals surface area contributed by atoms with Crippen molar-refractivity contribution in [2.24, 2.45) is 5.92 Å². The van der Waals surface area contributed by atoms with Crippen molar-refractivity contribution in [2.45, 2.75) is 32.9 Å². The minimum absolute atomic E-state index is 0.00624. The summed E-state index contributed by atoms with van der Waals surface area (Å²) in [6.07, 6.45) is -0.315. The van der Waals surface area contributed by atoms with Gasteiger partial charge in [-0.15, -0.1) is 0 Å². The average molecular weight is 359 g/mol. The van der Waals surface area contributed by atoms with Crippen LogP contribution in [0.4, 0.5) is 4.79 Å². The van der Waals surface area contributed by atoms with Crippen molar-refractivity contribution in [3.05, 3.63) is 33.8 Å². The lowest BCUT2D eigenvalue weighted by Gasteiger charge is -2.31. The summed E-state index contributed by atoms with van der Waals surface area (Å²) in [4.78, 5) is 26.8. The highest BCUT2D eigenvalue weighted by Crippen LogP contribution is 2.26. The van der Waals surface area contributed by atoms with E-state index in [1.807, 2.05) is 13.8 Å². The van der Waals surface area contributed by atoms with Gasteiger partial charge < -0.3 is 14.9 Å². The lowest BCUT2D eigenvalue weighted by atomic mass is 10.1. The Morgan fingerprint density at radius 2 is 2.09 bits per heavy atom. The predicted molar refractivity (Wildman–Crippen MR) is 89.9 cm³/mol. The lowest BCUT2D eigenvalue weighted by molar-refractivity contribution is -0.137. The van der Waals surface area contributed by atoms with Crippen molar-refractivity contribution < 1.29 is 14.7 Å². The van der Waals surface area contributed by atoms with Gasteiger partial charge in [0.15, 0.2) is 0 Å². The van der Waals surface area contributed by atoms with Gasteiger partial charge in [-0.05, 0) is 24.1 Å². The van der Waals surface area contributed by atoms with E-state index in [1.54, 1.807) is 23.1 Å². The van der Waals surface area contributed by atoms with Crippen molar-refractivity contribution in [3.8, 4) is 0 Å². The molecular formula is C16H20Cl2N2O3. The summed E-state index contributed by atoms with van der Waals surface area (Å²) >= 11 is 12.1. The highest BCUT2D eigenvalue weighted by atomic mass is 35.5. The second kappa shape index (κ2) is 7.41. The third-order valence-corrected chi connectivity index (χ3v) is 4.59. The van der Waals surface area contributed by atoms with Crippen LogP contribution < -0.4 is 0 Å². The zero-order valence-electron chi connectivity index (χ0n) is 13.1. The summed E-state index contributed by atoms with van der Waals surface area (Å²) < 4.78 is 0. The van der Waals surface area contributed by atoms with Gasteiger partial charge in [0.25, 0.3) is 0 Å². The topological polar surface area (TPSA) is 60.9 Å². The van der Waals surface area contributed by atoms with Crippen LogP contribution in [0.3, 0.4) is 0 Å². The molecular weight excluding hydrogens is 339 g/mol. The normalized spacial score (nSPS) is 17.6. The van der Waals surface area contributed by atoms with Gasteiger partial charge in [0, 0.05) is 35.6 Å². The van der Waals surface area contributed by atoms with Crippen molar-refractivity contribution >= 4 is 35.2 Å². The zero-order chi connectivity index (χ0) is 17.1. The third-order valence-electron chi connectivity index (χ3n) is 4.01. The fraction of sp³-hybridized carbons (Fsp3) is 0.500. The minimum atomic E-state index is -0.950. The lowest BCUT2D eigenvalue weighted by Crippen LogP contribution is -2.44. The number of halogens is 2. The van der Waals surface area contributed by atoms with Crippen LogP contribution in [0.5, 0.6) is 0 Å². The van der Waals surface area contributed by atoms with Gasteiger partial charge in [-0.25, -0.2) is 4.79 Å². The molecule has 1 atom stereocenters. The number of amides is 2. The molecule has 7 heteroatoms. The van der Waals surface area contributed by atoms with Crippen LogP contribution in [0.15, 0.2) is 18.2 Å². The van der Waals surface area contributed by atoms with Crippen LogP contribution in [0.25, 0.3) is 0 Å². The summed E-state index contributed by atoms with van der Waals surface area (Å²) in [5.74, 6) is -0.173. The highest BCUT2D eigenvalue weighted by Gasteiger charge is 2.33. The van der Waals surface area contributed by atoms with E-state index in [0.717, 1.165) is 5.56 Å². The van der Waals surface area contributed by atoms with Crippen LogP contribution >= 0.6 is 23.2 Å². The Balaban J connectivity index is 2.21. The van der Waals surface area contributed by atoms with E-state index in [2.05, 4.69) is 0 Å².